The van der Waals surface area contributed by atoms with Gasteiger partial charge in [-0.2, -0.15) is 0 Å². The molecule has 0 bridgehead atoms. The van der Waals surface area contributed by atoms with Crippen LogP contribution >= 0.6 is 0 Å². The van der Waals surface area contributed by atoms with Crippen molar-refractivity contribution >= 4 is 0 Å². The predicted molar refractivity (Wildman–Crippen MR) is 66.0 cm³/mol. The molecule has 0 unspecified atom stereocenters. The van der Waals surface area contributed by atoms with Crippen LogP contribution in [0.25, 0.3) is 0 Å². The van der Waals surface area contributed by atoms with E-state index in [1.165, 1.54) is 58.0 Å². The van der Waals surface area contributed by atoms with E-state index in [0.29, 0.717) is 0 Å². The molecule has 0 heterocycles. The summed E-state index contributed by atoms with van der Waals surface area (Å²) in [4.78, 5) is 2.74. The lowest BCUT2D eigenvalue weighted by Crippen LogP contribution is -2.37. The van der Waals surface area contributed by atoms with Crippen molar-refractivity contribution in [3.8, 4) is 0 Å². The fourth-order valence-corrected chi connectivity index (χ4v) is 2.83. The molecule has 88 valence electrons. The van der Waals surface area contributed by atoms with Gasteiger partial charge in [-0.15, -0.1) is 0 Å². The summed E-state index contributed by atoms with van der Waals surface area (Å²) in [5.41, 5.74) is 0. The van der Waals surface area contributed by atoms with Crippen molar-refractivity contribution in [2.24, 2.45) is 11.8 Å². The topological polar surface area (TPSA) is 3.24 Å². The average Bonchev–Trinajstić information content (AvgIpc) is 3.02. The minimum Gasteiger partial charge on any atom is -0.300 e. The Morgan fingerprint density at radius 3 is 1.87 bits per heavy atom. The Morgan fingerprint density at radius 1 is 0.867 bits per heavy atom. The standard InChI is InChI=1S/C14H27N/c1-12(2)15(11-14-8-9-14)10-13-6-4-3-5-7-13/h12-14H,3-11H2,1-2H3. The summed E-state index contributed by atoms with van der Waals surface area (Å²) in [6, 6.07) is 0.757. The van der Waals surface area contributed by atoms with Crippen LogP contribution in [0, 0.1) is 11.8 Å². The molecule has 1 heteroatoms. The molecule has 0 radical (unpaired) electrons. The van der Waals surface area contributed by atoms with Crippen LogP contribution in [0.2, 0.25) is 0 Å². The maximum absolute atomic E-state index is 2.74. The maximum atomic E-state index is 2.74. The maximum Gasteiger partial charge on any atom is 0.00388 e. The van der Waals surface area contributed by atoms with Crippen LogP contribution in [0.1, 0.15) is 58.8 Å². The first-order valence-electron chi connectivity index (χ1n) is 6.99. The molecule has 15 heavy (non-hydrogen) atoms. The number of rotatable bonds is 5. The Bertz CT molecular complexity index is 178. The fraction of sp³-hybridized carbons (Fsp3) is 1.00. The van der Waals surface area contributed by atoms with Gasteiger partial charge >= 0.3 is 0 Å². The van der Waals surface area contributed by atoms with Crippen LogP contribution in [0.4, 0.5) is 0 Å². The van der Waals surface area contributed by atoms with Crippen LogP contribution < -0.4 is 0 Å². The van der Waals surface area contributed by atoms with E-state index in [2.05, 4.69) is 18.7 Å². The molecule has 0 atom stereocenters. The molecule has 0 saturated heterocycles. The molecule has 0 aromatic carbocycles. The van der Waals surface area contributed by atoms with Crippen molar-refractivity contribution in [2.75, 3.05) is 13.1 Å². The third-order valence-corrected chi connectivity index (χ3v) is 4.14. The monoisotopic (exact) mass is 209 g/mol. The second-order valence-electron chi connectivity index (χ2n) is 6.00. The normalized spacial score (nSPS) is 24.0. The van der Waals surface area contributed by atoms with Crippen LogP contribution in [-0.2, 0) is 0 Å². The zero-order valence-corrected chi connectivity index (χ0v) is 10.5. The van der Waals surface area contributed by atoms with Gasteiger partial charge in [0.1, 0.15) is 0 Å². The molecule has 0 spiro atoms. The summed E-state index contributed by atoms with van der Waals surface area (Å²) in [6.07, 6.45) is 10.4. The van der Waals surface area contributed by atoms with Crippen molar-refractivity contribution in [1.29, 1.82) is 0 Å². The molecule has 2 saturated carbocycles. The largest absolute Gasteiger partial charge is 0.300 e. The Kier molecular flexibility index (Phi) is 4.07. The molecule has 0 aromatic heterocycles. The van der Waals surface area contributed by atoms with Gasteiger partial charge in [0.05, 0.1) is 0 Å². The van der Waals surface area contributed by atoms with Crippen molar-refractivity contribution in [3.63, 3.8) is 0 Å². The van der Waals surface area contributed by atoms with Crippen molar-refractivity contribution in [1.82, 2.24) is 4.90 Å². The second kappa shape index (κ2) is 5.34. The van der Waals surface area contributed by atoms with E-state index in [0.717, 1.165) is 17.9 Å². The molecule has 0 aromatic rings. The van der Waals surface area contributed by atoms with Gasteiger partial charge in [0.2, 0.25) is 0 Å². The highest BCUT2D eigenvalue weighted by Gasteiger charge is 2.27. The molecule has 2 aliphatic carbocycles. The van der Waals surface area contributed by atoms with Crippen LogP contribution in [0.15, 0.2) is 0 Å². The highest BCUT2D eigenvalue weighted by atomic mass is 15.2. The molecule has 2 aliphatic rings. The zero-order valence-electron chi connectivity index (χ0n) is 10.5. The summed E-state index contributed by atoms with van der Waals surface area (Å²) < 4.78 is 0. The van der Waals surface area contributed by atoms with Gasteiger partial charge in [-0.1, -0.05) is 19.3 Å². The SMILES string of the molecule is CC(C)N(CC1CCCCC1)CC1CC1. The van der Waals surface area contributed by atoms with Gasteiger partial charge in [-0.25, -0.2) is 0 Å². The van der Waals surface area contributed by atoms with E-state index in [1.54, 1.807) is 0 Å². The third kappa shape index (κ3) is 3.79. The van der Waals surface area contributed by atoms with Crippen LogP contribution in [-0.4, -0.2) is 24.0 Å². The van der Waals surface area contributed by atoms with Gasteiger partial charge in [0, 0.05) is 19.1 Å². The summed E-state index contributed by atoms with van der Waals surface area (Å²) >= 11 is 0. The van der Waals surface area contributed by atoms with E-state index < -0.39 is 0 Å². The average molecular weight is 209 g/mol. The minimum atomic E-state index is 0.757. The summed E-state index contributed by atoms with van der Waals surface area (Å²) in [5.74, 6) is 2.07. The van der Waals surface area contributed by atoms with Gasteiger partial charge < -0.3 is 4.90 Å². The smallest absolute Gasteiger partial charge is 0.00388 e. The highest BCUT2D eigenvalue weighted by Crippen LogP contribution is 2.32. The highest BCUT2D eigenvalue weighted by molar-refractivity contribution is 4.80. The first kappa shape index (κ1) is 11.4. The van der Waals surface area contributed by atoms with E-state index >= 15 is 0 Å². The van der Waals surface area contributed by atoms with E-state index in [-0.39, 0.29) is 0 Å². The molecular weight excluding hydrogens is 182 g/mol. The van der Waals surface area contributed by atoms with E-state index in [1.807, 2.05) is 0 Å². The van der Waals surface area contributed by atoms with Gasteiger partial charge in [0.15, 0.2) is 0 Å². The van der Waals surface area contributed by atoms with Gasteiger partial charge in [0.25, 0.3) is 0 Å². The first-order chi connectivity index (χ1) is 7.25. The number of hydrogen-bond donors (Lipinski definition) is 0. The summed E-state index contributed by atoms with van der Waals surface area (Å²) in [5, 5.41) is 0. The Morgan fingerprint density at radius 2 is 1.40 bits per heavy atom. The molecule has 2 fully saturated rings. The first-order valence-corrected chi connectivity index (χ1v) is 6.99. The molecule has 1 nitrogen and oxygen atoms in total. The quantitative estimate of drug-likeness (QED) is 0.667. The Labute approximate surface area is 95.2 Å². The Hall–Kier alpha value is -0.0400. The molecule has 0 amide bonds. The van der Waals surface area contributed by atoms with Crippen molar-refractivity contribution < 1.29 is 0 Å². The molecule has 0 aliphatic heterocycles. The van der Waals surface area contributed by atoms with Crippen LogP contribution in [0.3, 0.4) is 0 Å². The second-order valence-corrected chi connectivity index (χ2v) is 6.00. The van der Waals surface area contributed by atoms with Gasteiger partial charge in [-0.05, 0) is 51.4 Å². The molecule has 2 rings (SSSR count). The fourth-order valence-electron chi connectivity index (χ4n) is 2.83. The lowest BCUT2D eigenvalue weighted by Gasteiger charge is -2.32. The van der Waals surface area contributed by atoms with Gasteiger partial charge in [-0.3, -0.25) is 0 Å². The lowest BCUT2D eigenvalue weighted by molar-refractivity contribution is 0.159. The molecular formula is C14H27N. The predicted octanol–water partition coefficient (Wildman–Crippen LogP) is 3.69. The minimum absolute atomic E-state index is 0.757. The zero-order chi connectivity index (χ0) is 10.7. The van der Waals surface area contributed by atoms with Crippen LogP contribution in [0.5, 0.6) is 0 Å². The van der Waals surface area contributed by atoms with Crippen molar-refractivity contribution in [2.45, 2.75) is 64.8 Å². The summed E-state index contributed by atoms with van der Waals surface area (Å²) in [7, 11) is 0. The number of hydrogen-bond acceptors (Lipinski definition) is 1. The number of nitrogens with zero attached hydrogens (tertiary/aromatic N) is 1. The van der Waals surface area contributed by atoms with E-state index in [4.69, 9.17) is 0 Å². The third-order valence-electron chi connectivity index (χ3n) is 4.14. The molecule has 0 N–H and O–H groups in total. The van der Waals surface area contributed by atoms with E-state index in [9.17, 15) is 0 Å². The van der Waals surface area contributed by atoms with Crippen molar-refractivity contribution in [3.05, 3.63) is 0 Å². The Balaban J connectivity index is 1.75. The lowest BCUT2D eigenvalue weighted by atomic mass is 9.88. The summed E-state index contributed by atoms with van der Waals surface area (Å²) in [6.45, 7) is 7.50.